The Balaban J connectivity index is 2.63. The number of nitro groups is 1. The Morgan fingerprint density at radius 2 is 2.53 bits per heavy atom. The highest BCUT2D eigenvalue weighted by molar-refractivity contribution is 5.18. The van der Waals surface area contributed by atoms with Crippen LogP contribution in [-0.4, -0.2) is 27.7 Å². The highest BCUT2D eigenvalue weighted by atomic mass is 16.6. The number of nitrogens with zero attached hydrogens (tertiary/aromatic N) is 3. The molecular formula is C9H11N3O3. The fraction of sp³-hybridized carbons (Fsp3) is 0.444. The van der Waals surface area contributed by atoms with Gasteiger partial charge in [-0.05, 0) is 4.92 Å². The Bertz CT molecular complexity index is 392. The van der Waals surface area contributed by atoms with Gasteiger partial charge in [-0.25, -0.2) is 9.55 Å². The first-order chi connectivity index (χ1) is 7.16. The predicted octanol–water partition coefficient (Wildman–Crippen LogP) is 0.750. The van der Waals surface area contributed by atoms with Gasteiger partial charge in [0.1, 0.15) is 19.3 Å². The van der Waals surface area contributed by atoms with Crippen molar-refractivity contribution in [1.29, 1.82) is 0 Å². The average molecular weight is 209 g/mol. The normalized spacial score (nSPS) is 9.87. The van der Waals surface area contributed by atoms with Crippen LogP contribution >= 0.6 is 0 Å². The molecule has 0 N–H and O–H groups in total. The van der Waals surface area contributed by atoms with Crippen molar-refractivity contribution in [1.82, 2.24) is 9.55 Å². The smallest absolute Gasteiger partial charge is 0.342 e. The van der Waals surface area contributed by atoms with Crippen molar-refractivity contribution >= 4 is 5.82 Å². The average Bonchev–Trinajstić information content (AvgIpc) is 2.55. The molecule has 0 aliphatic heterocycles. The van der Waals surface area contributed by atoms with E-state index in [0.29, 0.717) is 19.0 Å². The Morgan fingerprint density at radius 1 is 1.80 bits per heavy atom. The Hall–Kier alpha value is -1.87. The first-order valence-corrected chi connectivity index (χ1v) is 4.34. The third kappa shape index (κ3) is 2.79. The maximum absolute atomic E-state index is 10.6. The van der Waals surface area contributed by atoms with Gasteiger partial charge in [0, 0.05) is 6.92 Å². The molecule has 0 unspecified atom stereocenters. The van der Waals surface area contributed by atoms with E-state index in [1.165, 1.54) is 10.8 Å². The lowest BCUT2D eigenvalue weighted by molar-refractivity contribution is -0.392. The standard InChI is InChI=1S/C9H11N3O3/c1-3-5-15-6-4-11-8(2)10-7-9(11)12(13)14/h1,7H,4-6H2,2H3. The second-order valence-corrected chi connectivity index (χ2v) is 2.83. The van der Waals surface area contributed by atoms with Crippen molar-refractivity contribution in [2.45, 2.75) is 13.5 Å². The minimum absolute atomic E-state index is 0.0307. The van der Waals surface area contributed by atoms with Crippen molar-refractivity contribution in [3.8, 4) is 12.3 Å². The maximum Gasteiger partial charge on any atom is 0.342 e. The molecule has 0 radical (unpaired) electrons. The number of imidazole rings is 1. The molecule has 1 heterocycles. The first-order valence-electron chi connectivity index (χ1n) is 4.34. The summed E-state index contributed by atoms with van der Waals surface area (Å²) in [5.41, 5.74) is 0. The van der Waals surface area contributed by atoms with E-state index in [0.717, 1.165) is 0 Å². The van der Waals surface area contributed by atoms with Crippen LogP contribution in [0.2, 0.25) is 0 Å². The molecule has 80 valence electrons. The van der Waals surface area contributed by atoms with Gasteiger partial charge in [0.25, 0.3) is 0 Å². The minimum Gasteiger partial charge on any atom is -0.365 e. The monoisotopic (exact) mass is 209 g/mol. The van der Waals surface area contributed by atoms with E-state index >= 15 is 0 Å². The van der Waals surface area contributed by atoms with Gasteiger partial charge in [-0.15, -0.1) is 6.42 Å². The minimum atomic E-state index is -0.471. The molecule has 1 aromatic rings. The lowest BCUT2D eigenvalue weighted by Gasteiger charge is -2.02. The molecular weight excluding hydrogens is 198 g/mol. The van der Waals surface area contributed by atoms with E-state index in [2.05, 4.69) is 10.9 Å². The number of terminal acetylenes is 1. The van der Waals surface area contributed by atoms with Gasteiger partial charge >= 0.3 is 5.82 Å². The molecule has 15 heavy (non-hydrogen) atoms. The van der Waals surface area contributed by atoms with Crippen LogP contribution < -0.4 is 0 Å². The summed E-state index contributed by atoms with van der Waals surface area (Å²) in [6, 6.07) is 0. The van der Waals surface area contributed by atoms with Gasteiger partial charge in [-0.2, -0.15) is 0 Å². The fourth-order valence-corrected chi connectivity index (χ4v) is 1.17. The van der Waals surface area contributed by atoms with Gasteiger partial charge in [0.05, 0.1) is 6.61 Å². The van der Waals surface area contributed by atoms with Gasteiger partial charge < -0.3 is 14.9 Å². The zero-order chi connectivity index (χ0) is 11.3. The van der Waals surface area contributed by atoms with Crippen LogP contribution in [0, 0.1) is 29.4 Å². The molecule has 0 saturated carbocycles. The summed E-state index contributed by atoms with van der Waals surface area (Å²) in [7, 11) is 0. The van der Waals surface area contributed by atoms with Crippen molar-refractivity contribution < 1.29 is 9.66 Å². The topological polar surface area (TPSA) is 70.2 Å². The summed E-state index contributed by atoms with van der Waals surface area (Å²) in [6.07, 6.45) is 6.23. The van der Waals surface area contributed by atoms with Crippen LogP contribution in [0.15, 0.2) is 6.20 Å². The summed E-state index contributed by atoms with van der Waals surface area (Å²) in [5.74, 6) is 2.88. The van der Waals surface area contributed by atoms with Crippen molar-refractivity contribution in [3.05, 3.63) is 22.1 Å². The second kappa shape index (κ2) is 5.12. The summed E-state index contributed by atoms with van der Waals surface area (Å²) >= 11 is 0. The molecule has 0 spiro atoms. The molecule has 0 saturated heterocycles. The van der Waals surface area contributed by atoms with Gasteiger partial charge in [0.2, 0.25) is 0 Å². The van der Waals surface area contributed by atoms with E-state index in [1.54, 1.807) is 6.92 Å². The van der Waals surface area contributed by atoms with E-state index in [4.69, 9.17) is 11.2 Å². The number of aromatic nitrogens is 2. The lowest BCUT2D eigenvalue weighted by atomic mass is 10.6. The fourth-order valence-electron chi connectivity index (χ4n) is 1.17. The quantitative estimate of drug-likeness (QED) is 0.310. The molecule has 6 heteroatoms. The lowest BCUT2D eigenvalue weighted by Crippen LogP contribution is -2.10. The zero-order valence-electron chi connectivity index (χ0n) is 8.34. The van der Waals surface area contributed by atoms with Gasteiger partial charge in [-0.3, -0.25) is 0 Å². The molecule has 0 atom stereocenters. The number of hydrogen-bond donors (Lipinski definition) is 0. The Kier molecular flexibility index (Phi) is 3.83. The summed E-state index contributed by atoms with van der Waals surface area (Å²) in [5, 5.41) is 10.6. The van der Waals surface area contributed by atoms with E-state index in [1.807, 2.05) is 0 Å². The van der Waals surface area contributed by atoms with Crippen LogP contribution in [-0.2, 0) is 11.3 Å². The number of rotatable bonds is 5. The number of aryl methyl sites for hydroxylation is 1. The summed E-state index contributed by atoms with van der Waals surface area (Å²) in [4.78, 5) is 14.0. The Morgan fingerprint density at radius 3 is 3.13 bits per heavy atom. The molecule has 1 aromatic heterocycles. The van der Waals surface area contributed by atoms with Crippen molar-refractivity contribution in [2.75, 3.05) is 13.2 Å². The Labute approximate surface area is 87.0 Å². The second-order valence-electron chi connectivity index (χ2n) is 2.83. The zero-order valence-corrected chi connectivity index (χ0v) is 8.34. The summed E-state index contributed by atoms with van der Waals surface area (Å²) in [6.45, 7) is 2.63. The summed E-state index contributed by atoms with van der Waals surface area (Å²) < 4.78 is 6.52. The molecule has 0 fully saturated rings. The van der Waals surface area contributed by atoms with Crippen molar-refractivity contribution in [3.63, 3.8) is 0 Å². The van der Waals surface area contributed by atoms with Crippen LogP contribution in [0.1, 0.15) is 5.82 Å². The van der Waals surface area contributed by atoms with E-state index < -0.39 is 4.92 Å². The van der Waals surface area contributed by atoms with E-state index in [9.17, 15) is 10.1 Å². The van der Waals surface area contributed by atoms with Crippen LogP contribution in [0.4, 0.5) is 5.82 Å². The first kappa shape index (κ1) is 11.2. The number of hydrogen-bond acceptors (Lipinski definition) is 4. The highest BCUT2D eigenvalue weighted by Crippen LogP contribution is 2.12. The van der Waals surface area contributed by atoms with Crippen molar-refractivity contribution in [2.24, 2.45) is 0 Å². The predicted molar refractivity (Wildman–Crippen MR) is 53.3 cm³/mol. The molecule has 0 aromatic carbocycles. The van der Waals surface area contributed by atoms with Gasteiger partial charge in [-0.1, -0.05) is 5.92 Å². The van der Waals surface area contributed by atoms with E-state index in [-0.39, 0.29) is 12.4 Å². The largest absolute Gasteiger partial charge is 0.365 e. The molecule has 1 rings (SSSR count). The highest BCUT2D eigenvalue weighted by Gasteiger charge is 2.16. The molecule has 0 bridgehead atoms. The molecule has 0 aliphatic carbocycles. The third-order valence-electron chi connectivity index (χ3n) is 1.87. The van der Waals surface area contributed by atoms with Crippen LogP contribution in [0.3, 0.4) is 0 Å². The number of ether oxygens (including phenoxy) is 1. The van der Waals surface area contributed by atoms with Gasteiger partial charge in [0.15, 0.2) is 5.82 Å². The van der Waals surface area contributed by atoms with Crippen LogP contribution in [0.25, 0.3) is 0 Å². The SMILES string of the molecule is C#CCOCCn1c([N+](=O)[O-])cnc1C. The molecule has 6 nitrogen and oxygen atoms in total. The van der Waals surface area contributed by atoms with Crippen LogP contribution in [0.5, 0.6) is 0 Å². The third-order valence-corrected chi connectivity index (χ3v) is 1.87. The maximum atomic E-state index is 10.6. The molecule has 0 amide bonds. The molecule has 0 aliphatic rings.